The quantitative estimate of drug-likeness (QED) is 0.527. The van der Waals surface area contributed by atoms with Crippen molar-refractivity contribution in [3.63, 3.8) is 0 Å². The Labute approximate surface area is 96.9 Å². The van der Waals surface area contributed by atoms with E-state index in [0.717, 1.165) is 12.8 Å². The Kier molecular flexibility index (Phi) is 2.10. The van der Waals surface area contributed by atoms with Gasteiger partial charge in [0.05, 0.1) is 0 Å². The van der Waals surface area contributed by atoms with E-state index in [2.05, 4.69) is 50.2 Å². The van der Waals surface area contributed by atoms with Crippen molar-refractivity contribution in [1.29, 1.82) is 0 Å². The largest absolute Gasteiger partial charge is 0.0617 e. The second kappa shape index (κ2) is 3.48. The van der Waals surface area contributed by atoms with Gasteiger partial charge in [0, 0.05) is 0 Å². The Hall–Kier alpha value is -1.56. The number of rotatable bonds is 0. The normalized spacial score (nSPS) is 13.1. The highest BCUT2D eigenvalue weighted by Crippen LogP contribution is 2.30. The first kappa shape index (κ1) is 9.65. The van der Waals surface area contributed by atoms with Crippen LogP contribution in [-0.4, -0.2) is 0 Å². The molecular weight excluding hydrogens is 192 g/mol. The van der Waals surface area contributed by atoms with Crippen LogP contribution in [0.5, 0.6) is 0 Å². The fraction of sp³-hybridized carbons (Fsp3) is 0.250. The van der Waals surface area contributed by atoms with Gasteiger partial charge >= 0.3 is 0 Å². The number of aryl methyl sites for hydroxylation is 2. The van der Waals surface area contributed by atoms with E-state index in [0.29, 0.717) is 0 Å². The van der Waals surface area contributed by atoms with E-state index < -0.39 is 0 Å². The van der Waals surface area contributed by atoms with Crippen LogP contribution in [0.3, 0.4) is 0 Å². The summed E-state index contributed by atoms with van der Waals surface area (Å²) in [4.78, 5) is 0. The fourth-order valence-corrected chi connectivity index (χ4v) is 2.74. The zero-order valence-corrected chi connectivity index (χ0v) is 9.88. The monoisotopic (exact) mass is 208 g/mol. The molecule has 0 spiro atoms. The molecule has 0 amide bonds. The molecule has 0 N–H and O–H groups in total. The van der Waals surface area contributed by atoms with Crippen LogP contribution in [0.25, 0.3) is 0 Å². The van der Waals surface area contributed by atoms with E-state index in [1.807, 2.05) is 0 Å². The predicted octanol–water partition coefficient (Wildman–Crippen LogP) is 3.80. The van der Waals surface area contributed by atoms with Crippen LogP contribution < -0.4 is 0 Å². The molecule has 0 radical (unpaired) electrons. The molecule has 80 valence electrons. The Morgan fingerprint density at radius 3 is 1.56 bits per heavy atom. The summed E-state index contributed by atoms with van der Waals surface area (Å²) < 4.78 is 0. The topological polar surface area (TPSA) is 0 Å². The van der Waals surface area contributed by atoms with E-state index in [1.165, 1.54) is 22.3 Å². The number of fused-ring (bicyclic) bond motifs is 2. The molecule has 0 heterocycles. The molecule has 0 aromatic heterocycles. The maximum absolute atomic E-state index is 2.28. The standard InChI is InChI=1S/C16H16/c1-11-5-3-7-13-10-16-12(2)6-4-8-14(16)9-15(11)13/h3-8H,9-10H2,1-2H3. The Bertz CT molecular complexity index is 498. The summed E-state index contributed by atoms with van der Waals surface area (Å²) in [5, 5.41) is 0. The van der Waals surface area contributed by atoms with Crippen molar-refractivity contribution in [3.05, 3.63) is 69.8 Å². The average molecular weight is 208 g/mol. The van der Waals surface area contributed by atoms with Gasteiger partial charge < -0.3 is 0 Å². The maximum atomic E-state index is 2.28. The SMILES string of the molecule is Cc1cccc2c1Cc1cccc(C)c1C2. The molecule has 3 rings (SSSR count). The van der Waals surface area contributed by atoms with Crippen molar-refractivity contribution < 1.29 is 0 Å². The minimum absolute atomic E-state index is 1.11. The lowest BCUT2D eigenvalue weighted by Gasteiger charge is -2.22. The zero-order valence-electron chi connectivity index (χ0n) is 9.88. The molecule has 0 unspecified atom stereocenters. The molecule has 0 atom stereocenters. The van der Waals surface area contributed by atoms with Crippen molar-refractivity contribution in [2.45, 2.75) is 26.7 Å². The second-order valence-corrected chi connectivity index (χ2v) is 4.78. The summed E-state index contributed by atoms with van der Waals surface area (Å²) in [7, 11) is 0. The number of hydrogen-bond acceptors (Lipinski definition) is 0. The summed E-state index contributed by atoms with van der Waals surface area (Å²) in [6.07, 6.45) is 2.22. The van der Waals surface area contributed by atoms with Crippen molar-refractivity contribution >= 4 is 0 Å². The summed E-state index contributed by atoms with van der Waals surface area (Å²) in [6.45, 7) is 4.44. The van der Waals surface area contributed by atoms with Crippen molar-refractivity contribution in [1.82, 2.24) is 0 Å². The maximum Gasteiger partial charge on any atom is -0.00173 e. The first-order chi connectivity index (χ1) is 7.75. The second-order valence-electron chi connectivity index (χ2n) is 4.78. The predicted molar refractivity (Wildman–Crippen MR) is 68.0 cm³/mol. The number of hydrogen-bond donors (Lipinski definition) is 0. The van der Waals surface area contributed by atoms with Gasteiger partial charge in [0.15, 0.2) is 0 Å². The lowest BCUT2D eigenvalue weighted by atomic mass is 9.82. The fourth-order valence-electron chi connectivity index (χ4n) is 2.74. The number of benzene rings is 2. The van der Waals surface area contributed by atoms with Crippen molar-refractivity contribution in [2.75, 3.05) is 0 Å². The Balaban J connectivity index is 2.17. The van der Waals surface area contributed by atoms with Gasteiger partial charge in [0.1, 0.15) is 0 Å². The van der Waals surface area contributed by atoms with Gasteiger partial charge in [0.25, 0.3) is 0 Å². The molecule has 1 aliphatic carbocycles. The third-order valence-electron chi connectivity index (χ3n) is 3.75. The van der Waals surface area contributed by atoms with E-state index in [9.17, 15) is 0 Å². The highest BCUT2D eigenvalue weighted by Gasteiger charge is 2.17. The van der Waals surface area contributed by atoms with Gasteiger partial charge in [0.2, 0.25) is 0 Å². The lowest BCUT2D eigenvalue weighted by molar-refractivity contribution is 0.973. The van der Waals surface area contributed by atoms with Crippen LogP contribution >= 0.6 is 0 Å². The van der Waals surface area contributed by atoms with Gasteiger partial charge in [-0.1, -0.05) is 36.4 Å². The molecular formula is C16H16. The Morgan fingerprint density at radius 2 is 1.12 bits per heavy atom. The third-order valence-corrected chi connectivity index (χ3v) is 3.75. The average Bonchev–Trinajstić information content (AvgIpc) is 2.29. The van der Waals surface area contributed by atoms with Crippen LogP contribution in [-0.2, 0) is 12.8 Å². The van der Waals surface area contributed by atoms with Crippen molar-refractivity contribution in [3.8, 4) is 0 Å². The smallest absolute Gasteiger partial charge is 0.00173 e. The summed E-state index contributed by atoms with van der Waals surface area (Å²) in [5.74, 6) is 0. The highest BCUT2D eigenvalue weighted by atomic mass is 14.2. The minimum Gasteiger partial charge on any atom is -0.0617 e. The van der Waals surface area contributed by atoms with Crippen molar-refractivity contribution in [2.24, 2.45) is 0 Å². The molecule has 16 heavy (non-hydrogen) atoms. The van der Waals surface area contributed by atoms with Gasteiger partial charge in [-0.15, -0.1) is 0 Å². The molecule has 0 aliphatic heterocycles. The first-order valence-corrected chi connectivity index (χ1v) is 5.90. The van der Waals surface area contributed by atoms with E-state index >= 15 is 0 Å². The molecule has 0 bridgehead atoms. The summed E-state index contributed by atoms with van der Waals surface area (Å²) >= 11 is 0. The molecule has 0 saturated heterocycles. The molecule has 2 aromatic carbocycles. The van der Waals surface area contributed by atoms with Crippen LogP contribution in [0.1, 0.15) is 33.4 Å². The van der Waals surface area contributed by atoms with Crippen LogP contribution in [0.2, 0.25) is 0 Å². The van der Waals surface area contributed by atoms with Gasteiger partial charge in [-0.05, 0) is 60.1 Å². The molecule has 1 aliphatic rings. The summed E-state index contributed by atoms with van der Waals surface area (Å²) in [6, 6.07) is 13.4. The van der Waals surface area contributed by atoms with Crippen LogP contribution in [0.15, 0.2) is 36.4 Å². The van der Waals surface area contributed by atoms with E-state index in [-0.39, 0.29) is 0 Å². The lowest BCUT2D eigenvalue weighted by Crippen LogP contribution is -2.10. The summed E-state index contributed by atoms with van der Waals surface area (Å²) in [5.41, 5.74) is 8.99. The van der Waals surface area contributed by atoms with Crippen LogP contribution in [0.4, 0.5) is 0 Å². The van der Waals surface area contributed by atoms with Gasteiger partial charge in [-0.25, -0.2) is 0 Å². The molecule has 0 saturated carbocycles. The zero-order chi connectivity index (χ0) is 11.1. The third kappa shape index (κ3) is 1.37. The van der Waals surface area contributed by atoms with Gasteiger partial charge in [-0.3, -0.25) is 0 Å². The minimum atomic E-state index is 1.11. The first-order valence-electron chi connectivity index (χ1n) is 5.90. The van der Waals surface area contributed by atoms with Crippen LogP contribution in [0, 0.1) is 13.8 Å². The van der Waals surface area contributed by atoms with Gasteiger partial charge in [-0.2, -0.15) is 0 Å². The molecule has 0 heteroatoms. The highest BCUT2D eigenvalue weighted by molar-refractivity contribution is 5.50. The van der Waals surface area contributed by atoms with E-state index in [1.54, 1.807) is 11.1 Å². The Morgan fingerprint density at radius 1 is 0.688 bits per heavy atom. The molecule has 0 fully saturated rings. The van der Waals surface area contributed by atoms with E-state index in [4.69, 9.17) is 0 Å². The molecule has 0 nitrogen and oxygen atoms in total. The molecule has 2 aromatic rings.